The maximum atomic E-state index is 4.12. The summed E-state index contributed by atoms with van der Waals surface area (Å²) in [6.07, 6.45) is 3.72. The van der Waals surface area contributed by atoms with Crippen LogP contribution in [-0.4, -0.2) is 9.55 Å². The Labute approximate surface area is 116 Å². The van der Waals surface area contributed by atoms with Crippen molar-refractivity contribution in [2.24, 2.45) is 7.05 Å². The summed E-state index contributed by atoms with van der Waals surface area (Å²) < 4.78 is 3.14. The standard InChI is InChI=1S/C14H18BrN3/c1-14(2,11-4-6-12(15)7-5-11)17-9-13-8-16-10-18(13)3/h4-8,10,17H,9H2,1-3H3. The molecule has 1 aromatic heterocycles. The van der Waals surface area contributed by atoms with Gasteiger partial charge in [0.05, 0.1) is 12.0 Å². The van der Waals surface area contributed by atoms with Gasteiger partial charge >= 0.3 is 0 Å². The fourth-order valence-electron chi connectivity index (χ4n) is 1.84. The molecule has 4 heteroatoms. The van der Waals surface area contributed by atoms with Crippen molar-refractivity contribution in [1.29, 1.82) is 0 Å². The predicted octanol–water partition coefficient (Wildman–Crippen LogP) is 3.21. The Morgan fingerprint density at radius 3 is 2.50 bits per heavy atom. The van der Waals surface area contributed by atoms with E-state index in [1.54, 1.807) is 0 Å². The van der Waals surface area contributed by atoms with E-state index in [-0.39, 0.29) is 5.54 Å². The summed E-state index contributed by atoms with van der Waals surface area (Å²) in [5.74, 6) is 0. The number of aromatic nitrogens is 2. The molecule has 3 nitrogen and oxygen atoms in total. The quantitative estimate of drug-likeness (QED) is 0.940. The molecule has 0 unspecified atom stereocenters. The second-order valence-corrected chi connectivity index (χ2v) is 5.90. The molecular formula is C14H18BrN3. The Bertz CT molecular complexity index is 514. The van der Waals surface area contributed by atoms with Crippen LogP contribution in [0.15, 0.2) is 41.3 Å². The molecule has 0 atom stereocenters. The van der Waals surface area contributed by atoms with Crippen molar-refractivity contribution in [2.75, 3.05) is 0 Å². The Balaban J connectivity index is 2.07. The molecule has 96 valence electrons. The number of hydrogen-bond donors (Lipinski definition) is 1. The van der Waals surface area contributed by atoms with Gasteiger partial charge in [0.15, 0.2) is 0 Å². The minimum absolute atomic E-state index is 0.0645. The van der Waals surface area contributed by atoms with Crippen LogP contribution in [-0.2, 0) is 19.1 Å². The first kappa shape index (κ1) is 13.3. The number of nitrogens with zero attached hydrogens (tertiary/aromatic N) is 2. The molecule has 1 heterocycles. The SMILES string of the molecule is Cn1cncc1CNC(C)(C)c1ccc(Br)cc1. The highest BCUT2D eigenvalue weighted by Gasteiger charge is 2.19. The number of imidazole rings is 1. The molecular weight excluding hydrogens is 290 g/mol. The van der Waals surface area contributed by atoms with Gasteiger partial charge in [0.25, 0.3) is 0 Å². The molecule has 2 aromatic rings. The van der Waals surface area contributed by atoms with Crippen LogP contribution in [0.3, 0.4) is 0 Å². The highest BCUT2D eigenvalue weighted by Crippen LogP contribution is 2.22. The van der Waals surface area contributed by atoms with E-state index in [0.29, 0.717) is 0 Å². The lowest BCUT2D eigenvalue weighted by Crippen LogP contribution is -2.36. The van der Waals surface area contributed by atoms with E-state index in [1.165, 1.54) is 11.3 Å². The maximum absolute atomic E-state index is 4.12. The van der Waals surface area contributed by atoms with E-state index in [4.69, 9.17) is 0 Å². The summed E-state index contributed by atoms with van der Waals surface area (Å²) in [5, 5.41) is 3.56. The number of rotatable bonds is 4. The van der Waals surface area contributed by atoms with Crippen LogP contribution in [0.5, 0.6) is 0 Å². The lowest BCUT2D eigenvalue weighted by molar-refractivity contribution is 0.395. The fourth-order valence-corrected chi connectivity index (χ4v) is 2.10. The van der Waals surface area contributed by atoms with E-state index in [0.717, 1.165) is 11.0 Å². The van der Waals surface area contributed by atoms with Crippen molar-refractivity contribution >= 4 is 15.9 Å². The summed E-state index contributed by atoms with van der Waals surface area (Å²) in [7, 11) is 2.01. The zero-order valence-electron chi connectivity index (χ0n) is 10.9. The Kier molecular flexibility index (Phi) is 3.88. The molecule has 18 heavy (non-hydrogen) atoms. The summed E-state index contributed by atoms with van der Waals surface area (Å²) >= 11 is 3.46. The average Bonchev–Trinajstić information content (AvgIpc) is 2.73. The minimum atomic E-state index is -0.0645. The number of aryl methyl sites for hydroxylation is 1. The lowest BCUT2D eigenvalue weighted by Gasteiger charge is -2.27. The second kappa shape index (κ2) is 5.24. The minimum Gasteiger partial charge on any atom is -0.337 e. The number of halogens is 1. The van der Waals surface area contributed by atoms with Crippen molar-refractivity contribution in [2.45, 2.75) is 25.9 Å². The molecule has 0 aliphatic carbocycles. The molecule has 2 rings (SSSR count). The van der Waals surface area contributed by atoms with E-state index >= 15 is 0 Å². The molecule has 0 aliphatic heterocycles. The molecule has 1 N–H and O–H groups in total. The van der Waals surface area contributed by atoms with Crippen LogP contribution in [0.2, 0.25) is 0 Å². The van der Waals surface area contributed by atoms with Gasteiger partial charge in [-0.1, -0.05) is 28.1 Å². The van der Waals surface area contributed by atoms with Crippen LogP contribution < -0.4 is 5.32 Å². The van der Waals surface area contributed by atoms with Crippen LogP contribution in [0, 0.1) is 0 Å². The average molecular weight is 308 g/mol. The molecule has 0 saturated carbocycles. The van der Waals surface area contributed by atoms with Crippen LogP contribution >= 0.6 is 15.9 Å². The van der Waals surface area contributed by atoms with Crippen LogP contribution in [0.1, 0.15) is 25.1 Å². The van der Waals surface area contributed by atoms with Gasteiger partial charge in [-0.25, -0.2) is 4.98 Å². The zero-order chi connectivity index (χ0) is 13.2. The van der Waals surface area contributed by atoms with Gasteiger partial charge in [0.1, 0.15) is 0 Å². The van der Waals surface area contributed by atoms with E-state index in [1.807, 2.05) is 24.1 Å². The van der Waals surface area contributed by atoms with Crippen molar-refractivity contribution in [3.63, 3.8) is 0 Å². The van der Waals surface area contributed by atoms with Gasteiger partial charge in [0, 0.05) is 29.8 Å². The third-order valence-corrected chi connectivity index (χ3v) is 3.72. The summed E-state index contributed by atoms with van der Waals surface area (Å²) in [4.78, 5) is 4.12. The van der Waals surface area contributed by atoms with Crippen molar-refractivity contribution in [3.05, 3.63) is 52.5 Å². The summed E-state index contributed by atoms with van der Waals surface area (Å²) in [5.41, 5.74) is 2.39. The smallest absolute Gasteiger partial charge is 0.0945 e. The molecule has 1 aromatic carbocycles. The molecule has 0 radical (unpaired) electrons. The predicted molar refractivity (Wildman–Crippen MR) is 77.2 cm³/mol. The largest absolute Gasteiger partial charge is 0.337 e. The monoisotopic (exact) mass is 307 g/mol. The van der Waals surface area contributed by atoms with Crippen LogP contribution in [0.25, 0.3) is 0 Å². The Morgan fingerprint density at radius 1 is 1.28 bits per heavy atom. The van der Waals surface area contributed by atoms with Gasteiger partial charge in [-0.15, -0.1) is 0 Å². The van der Waals surface area contributed by atoms with Crippen molar-refractivity contribution in [3.8, 4) is 0 Å². The van der Waals surface area contributed by atoms with E-state index in [2.05, 4.69) is 64.3 Å². The topological polar surface area (TPSA) is 29.9 Å². The zero-order valence-corrected chi connectivity index (χ0v) is 12.5. The van der Waals surface area contributed by atoms with Crippen molar-refractivity contribution in [1.82, 2.24) is 14.9 Å². The van der Waals surface area contributed by atoms with Gasteiger partial charge in [0.2, 0.25) is 0 Å². The molecule has 0 fully saturated rings. The third-order valence-electron chi connectivity index (χ3n) is 3.19. The maximum Gasteiger partial charge on any atom is 0.0945 e. The lowest BCUT2D eigenvalue weighted by atomic mass is 9.94. The molecule has 0 aliphatic rings. The van der Waals surface area contributed by atoms with Gasteiger partial charge in [-0.2, -0.15) is 0 Å². The first-order valence-electron chi connectivity index (χ1n) is 5.95. The Morgan fingerprint density at radius 2 is 1.94 bits per heavy atom. The number of hydrogen-bond acceptors (Lipinski definition) is 2. The van der Waals surface area contributed by atoms with Gasteiger partial charge in [-0.05, 0) is 31.5 Å². The summed E-state index contributed by atoms with van der Waals surface area (Å²) in [6.45, 7) is 5.18. The molecule has 0 amide bonds. The summed E-state index contributed by atoms with van der Waals surface area (Å²) in [6, 6.07) is 8.42. The molecule has 0 spiro atoms. The first-order valence-corrected chi connectivity index (χ1v) is 6.74. The van der Waals surface area contributed by atoms with Crippen molar-refractivity contribution < 1.29 is 0 Å². The molecule has 0 saturated heterocycles. The van der Waals surface area contributed by atoms with E-state index in [9.17, 15) is 0 Å². The van der Waals surface area contributed by atoms with Gasteiger partial charge < -0.3 is 9.88 Å². The Hall–Kier alpha value is -1.13. The normalized spacial score (nSPS) is 11.8. The van der Waals surface area contributed by atoms with Crippen LogP contribution in [0.4, 0.5) is 0 Å². The highest BCUT2D eigenvalue weighted by atomic mass is 79.9. The molecule has 0 bridgehead atoms. The second-order valence-electron chi connectivity index (χ2n) is 4.98. The fraction of sp³-hybridized carbons (Fsp3) is 0.357. The van der Waals surface area contributed by atoms with Gasteiger partial charge in [-0.3, -0.25) is 0 Å². The van der Waals surface area contributed by atoms with E-state index < -0.39 is 0 Å². The number of nitrogens with one attached hydrogen (secondary N) is 1. The highest BCUT2D eigenvalue weighted by molar-refractivity contribution is 9.10. The number of benzene rings is 1. The first-order chi connectivity index (χ1) is 8.49. The third kappa shape index (κ3) is 3.00.